The minimum Gasteiger partial charge on any atom is -0.486 e. The predicted molar refractivity (Wildman–Crippen MR) is 133 cm³/mol. The Morgan fingerprint density at radius 2 is 1.86 bits per heavy atom. The summed E-state index contributed by atoms with van der Waals surface area (Å²) in [5, 5.41) is 2.73. The van der Waals surface area contributed by atoms with E-state index in [0.717, 1.165) is 0 Å². The first-order valence-electron chi connectivity index (χ1n) is 11.1. The highest BCUT2D eigenvalue weighted by Crippen LogP contribution is 2.39. The van der Waals surface area contributed by atoms with Gasteiger partial charge in [0.1, 0.15) is 29.9 Å². The van der Waals surface area contributed by atoms with Gasteiger partial charge >= 0.3 is 0 Å². The molecule has 0 aliphatic carbocycles. The maximum Gasteiger partial charge on any atom is 0.273 e. The molecule has 0 radical (unpaired) electrons. The summed E-state index contributed by atoms with van der Waals surface area (Å²) < 4.78 is 34.0. The zero-order valence-corrected chi connectivity index (χ0v) is 20.5. The third-order valence-electron chi connectivity index (χ3n) is 5.48. The number of aromatic nitrogens is 1. The molecule has 0 saturated carbocycles. The van der Waals surface area contributed by atoms with Crippen molar-refractivity contribution in [3.05, 3.63) is 64.4 Å². The van der Waals surface area contributed by atoms with Gasteiger partial charge in [0, 0.05) is 25.4 Å². The SMILES string of the molecule is COCCNC(=O)[C@H](c1ccc(F)cc1)N(C(=O)c1snc(C(N)=O)c1N)c1ccc2c(c1)OCCO2. The largest absolute Gasteiger partial charge is 0.486 e. The normalized spacial score (nSPS) is 13.0. The number of amides is 3. The molecule has 0 unspecified atom stereocenters. The van der Waals surface area contributed by atoms with Crippen LogP contribution in [0.3, 0.4) is 0 Å². The van der Waals surface area contributed by atoms with Crippen LogP contribution in [-0.4, -0.2) is 55.6 Å². The van der Waals surface area contributed by atoms with E-state index < -0.39 is 29.6 Å². The standard InChI is InChI=1S/C24H24FN5O6S/c1-34-9-8-28-23(32)20(13-2-4-14(25)5-3-13)30(15-6-7-16-17(12-15)36-11-10-35-16)24(33)21-18(26)19(22(27)31)29-37-21/h2-7,12,20H,8-11,26H2,1H3,(H2,27,31)(H,28,32)/t20-/m0/s1. The van der Waals surface area contributed by atoms with Gasteiger partial charge in [-0.25, -0.2) is 4.39 Å². The highest BCUT2D eigenvalue weighted by molar-refractivity contribution is 7.09. The number of anilines is 2. The molecule has 5 N–H and O–H groups in total. The molecule has 1 aliphatic heterocycles. The summed E-state index contributed by atoms with van der Waals surface area (Å²) in [6.45, 7) is 1.05. The average Bonchev–Trinajstić information content (AvgIpc) is 3.29. The van der Waals surface area contributed by atoms with Gasteiger partial charge in [0.25, 0.3) is 11.8 Å². The molecule has 0 fully saturated rings. The molecule has 3 amide bonds. The number of hydrogen-bond donors (Lipinski definition) is 3. The summed E-state index contributed by atoms with van der Waals surface area (Å²) in [7, 11) is 1.48. The van der Waals surface area contributed by atoms with E-state index in [9.17, 15) is 18.8 Å². The van der Waals surface area contributed by atoms with Crippen LogP contribution < -0.4 is 31.2 Å². The fourth-order valence-electron chi connectivity index (χ4n) is 3.74. The van der Waals surface area contributed by atoms with Crippen LogP contribution in [0.15, 0.2) is 42.5 Å². The van der Waals surface area contributed by atoms with E-state index in [-0.39, 0.29) is 35.1 Å². The third kappa shape index (κ3) is 5.47. The number of methoxy groups -OCH3 is 1. The first-order chi connectivity index (χ1) is 17.8. The number of nitrogens with zero attached hydrogens (tertiary/aromatic N) is 2. The first-order valence-corrected chi connectivity index (χ1v) is 11.9. The first kappa shape index (κ1) is 25.9. The van der Waals surface area contributed by atoms with Gasteiger partial charge in [0.2, 0.25) is 5.91 Å². The lowest BCUT2D eigenvalue weighted by atomic mass is 10.0. The molecule has 37 heavy (non-hydrogen) atoms. The molecule has 2 aromatic carbocycles. The summed E-state index contributed by atoms with van der Waals surface area (Å²) in [6, 6.07) is 8.64. The summed E-state index contributed by atoms with van der Waals surface area (Å²) >= 11 is 0.678. The predicted octanol–water partition coefficient (Wildman–Crippen LogP) is 1.89. The molecule has 194 valence electrons. The van der Waals surface area contributed by atoms with Gasteiger partial charge in [-0.1, -0.05) is 12.1 Å². The zero-order chi connectivity index (χ0) is 26.5. The number of nitrogens with two attached hydrogens (primary N) is 2. The minimum absolute atomic E-state index is 0.0968. The van der Waals surface area contributed by atoms with Crippen molar-refractivity contribution in [2.45, 2.75) is 6.04 Å². The fourth-order valence-corrected chi connectivity index (χ4v) is 4.48. The number of carbonyl (C=O) groups excluding carboxylic acids is 3. The van der Waals surface area contributed by atoms with Crippen molar-refractivity contribution in [2.24, 2.45) is 5.73 Å². The molecule has 0 spiro atoms. The lowest BCUT2D eigenvalue weighted by Crippen LogP contribution is -2.44. The summed E-state index contributed by atoms with van der Waals surface area (Å²) in [4.78, 5) is 40.3. The quantitative estimate of drug-likeness (QED) is 0.354. The van der Waals surface area contributed by atoms with E-state index in [4.69, 9.17) is 25.7 Å². The topological polar surface area (TPSA) is 159 Å². The van der Waals surface area contributed by atoms with Gasteiger partial charge in [-0.3, -0.25) is 19.3 Å². The van der Waals surface area contributed by atoms with E-state index in [1.165, 1.54) is 36.3 Å². The molecule has 1 atom stereocenters. The van der Waals surface area contributed by atoms with Crippen LogP contribution >= 0.6 is 11.5 Å². The maximum absolute atomic E-state index is 14.0. The Hall–Kier alpha value is -4.23. The number of carbonyl (C=O) groups is 3. The Morgan fingerprint density at radius 3 is 2.51 bits per heavy atom. The Morgan fingerprint density at radius 1 is 1.16 bits per heavy atom. The molecule has 11 nitrogen and oxygen atoms in total. The van der Waals surface area contributed by atoms with Crippen molar-refractivity contribution in [3.8, 4) is 11.5 Å². The molecular formula is C24H24FN5O6S. The maximum atomic E-state index is 14.0. The minimum atomic E-state index is -1.27. The van der Waals surface area contributed by atoms with Crippen LogP contribution in [0, 0.1) is 5.82 Å². The number of primary amides is 1. The third-order valence-corrected chi connectivity index (χ3v) is 6.33. The van der Waals surface area contributed by atoms with Gasteiger partial charge < -0.3 is 31.0 Å². The van der Waals surface area contributed by atoms with E-state index in [1.54, 1.807) is 18.2 Å². The number of ether oxygens (including phenoxy) is 3. The molecule has 0 bridgehead atoms. The fraction of sp³-hybridized carbons (Fsp3) is 0.250. The van der Waals surface area contributed by atoms with Gasteiger partial charge in [-0.05, 0) is 41.4 Å². The number of nitrogens with one attached hydrogen (secondary N) is 1. The Balaban J connectivity index is 1.87. The number of benzene rings is 2. The number of nitrogen functional groups attached to an aromatic ring is 1. The number of halogens is 1. The van der Waals surface area contributed by atoms with Crippen LogP contribution in [0.1, 0.15) is 31.8 Å². The molecule has 4 rings (SSSR count). The van der Waals surface area contributed by atoms with E-state index in [0.29, 0.717) is 41.8 Å². The van der Waals surface area contributed by atoms with Crippen LogP contribution in [-0.2, 0) is 9.53 Å². The Kier molecular flexibility index (Phi) is 7.84. The van der Waals surface area contributed by atoms with Crippen molar-refractivity contribution >= 4 is 40.6 Å². The average molecular weight is 530 g/mol. The lowest BCUT2D eigenvalue weighted by Gasteiger charge is -2.32. The smallest absolute Gasteiger partial charge is 0.273 e. The molecule has 2 heterocycles. The number of hydrogen-bond acceptors (Lipinski definition) is 9. The summed E-state index contributed by atoms with van der Waals surface area (Å²) in [5.74, 6) is -1.86. The van der Waals surface area contributed by atoms with Crippen LogP contribution in [0.4, 0.5) is 15.8 Å². The van der Waals surface area contributed by atoms with Crippen molar-refractivity contribution in [3.63, 3.8) is 0 Å². The molecule has 1 aliphatic rings. The highest BCUT2D eigenvalue weighted by Gasteiger charge is 2.36. The monoisotopic (exact) mass is 529 g/mol. The summed E-state index contributed by atoms with van der Waals surface area (Å²) in [6.07, 6.45) is 0. The van der Waals surface area contributed by atoms with Crippen LogP contribution in [0.2, 0.25) is 0 Å². The summed E-state index contributed by atoms with van der Waals surface area (Å²) in [5.41, 5.74) is 11.5. The molecule has 0 saturated heterocycles. The van der Waals surface area contributed by atoms with Crippen LogP contribution in [0.25, 0.3) is 0 Å². The van der Waals surface area contributed by atoms with Crippen molar-refractivity contribution in [1.29, 1.82) is 0 Å². The second kappa shape index (κ2) is 11.2. The van der Waals surface area contributed by atoms with Gasteiger partial charge in [-0.2, -0.15) is 4.37 Å². The second-order valence-corrected chi connectivity index (χ2v) is 8.65. The molecule has 3 aromatic rings. The Labute approximate surface area is 215 Å². The number of fused-ring (bicyclic) bond motifs is 1. The van der Waals surface area contributed by atoms with Crippen molar-refractivity contribution in [2.75, 3.05) is 44.1 Å². The van der Waals surface area contributed by atoms with Gasteiger partial charge in [0.15, 0.2) is 17.2 Å². The lowest BCUT2D eigenvalue weighted by molar-refractivity contribution is -0.122. The molecule has 13 heteroatoms. The van der Waals surface area contributed by atoms with Gasteiger partial charge in [0.05, 0.1) is 12.3 Å². The molecule has 1 aromatic heterocycles. The van der Waals surface area contributed by atoms with E-state index in [1.807, 2.05) is 0 Å². The van der Waals surface area contributed by atoms with Crippen LogP contribution in [0.5, 0.6) is 11.5 Å². The van der Waals surface area contributed by atoms with E-state index in [2.05, 4.69) is 9.69 Å². The molecular weight excluding hydrogens is 505 g/mol. The zero-order valence-electron chi connectivity index (χ0n) is 19.7. The van der Waals surface area contributed by atoms with Gasteiger partial charge in [-0.15, -0.1) is 0 Å². The number of rotatable bonds is 9. The van der Waals surface area contributed by atoms with Crippen molar-refractivity contribution < 1.29 is 33.0 Å². The Bertz CT molecular complexity index is 1320. The van der Waals surface area contributed by atoms with E-state index >= 15 is 0 Å². The highest BCUT2D eigenvalue weighted by atomic mass is 32.1. The van der Waals surface area contributed by atoms with Crippen molar-refractivity contribution in [1.82, 2.24) is 9.69 Å². The second-order valence-electron chi connectivity index (χ2n) is 7.88.